The molecule has 1 aromatic carbocycles. The molecule has 27 heavy (non-hydrogen) atoms. The number of H-pyrrole nitrogens is 1. The van der Waals surface area contributed by atoms with Gasteiger partial charge in [-0.3, -0.25) is 9.79 Å². The van der Waals surface area contributed by atoms with Crippen molar-refractivity contribution in [3.8, 4) is 0 Å². The maximum atomic E-state index is 12.6. The van der Waals surface area contributed by atoms with Gasteiger partial charge in [0.15, 0.2) is 5.17 Å². The summed E-state index contributed by atoms with van der Waals surface area (Å²) in [5.74, 6) is 1.16. The Balaban J connectivity index is 1.50. The van der Waals surface area contributed by atoms with E-state index in [1.807, 2.05) is 37.3 Å². The van der Waals surface area contributed by atoms with Gasteiger partial charge in [0, 0.05) is 4.88 Å². The van der Waals surface area contributed by atoms with Gasteiger partial charge in [0.25, 0.3) is 5.56 Å². The summed E-state index contributed by atoms with van der Waals surface area (Å²) in [6.45, 7) is 2.02. The number of aromatic nitrogens is 2. The fourth-order valence-electron chi connectivity index (χ4n) is 3.45. The molecular weight excluding hydrogens is 376 g/mol. The minimum absolute atomic E-state index is 0.00258. The van der Waals surface area contributed by atoms with E-state index >= 15 is 0 Å². The van der Waals surface area contributed by atoms with E-state index < -0.39 is 0 Å². The van der Waals surface area contributed by atoms with Gasteiger partial charge in [-0.1, -0.05) is 42.1 Å². The second-order valence-corrected chi connectivity index (χ2v) is 8.83. The zero-order chi connectivity index (χ0) is 18.8. The zero-order valence-corrected chi connectivity index (χ0v) is 16.8. The number of amidine groups is 1. The largest absolute Gasteiger partial charge is 0.379 e. The van der Waals surface area contributed by atoms with Gasteiger partial charge in [0.05, 0.1) is 17.2 Å². The van der Waals surface area contributed by atoms with Crippen LogP contribution in [0, 0.1) is 0 Å². The van der Waals surface area contributed by atoms with E-state index in [9.17, 15) is 4.79 Å². The number of thioether (sulfide) groups is 1. The second-order valence-electron chi connectivity index (χ2n) is 6.75. The minimum atomic E-state index is -0.0248. The molecule has 2 heterocycles. The maximum Gasteiger partial charge on any atom is 0.259 e. The zero-order valence-electron chi connectivity index (χ0n) is 15.2. The number of nitrogens with two attached hydrogens (primary N) is 1. The Morgan fingerprint density at radius 1 is 1.33 bits per heavy atom. The monoisotopic (exact) mass is 398 g/mol. The Morgan fingerprint density at radius 2 is 2.11 bits per heavy atom. The molecule has 0 fully saturated rings. The average Bonchev–Trinajstić information content (AvgIpc) is 3.06. The van der Waals surface area contributed by atoms with Crippen LogP contribution in [0.1, 0.15) is 47.6 Å². The van der Waals surface area contributed by atoms with Crippen LogP contribution in [0.3, 0.4) is 0 Å². The van der Waals surface area contributed by atoms with E-state index in [4.69, 9.17) is 5.73 Å². The highest BCUT2D eigenvalue weighted by Gasteiger charge is 2.19. The Bertz CT molecular complexity index is 1040. The second kappa shape index (κ2) is 7.86. The molecule has 0 saturated carbocycles. The predicted octanol–water partition coefficient (Wildman–Crippen LogP) is 4.17. The molecule has 3 N–H and O–H groups in total. The molecule has 1 atom stereocenters. The van der Waals surface area contributed by atoms with Crippen LogP contribution in [0.4, 0.5) is 0 Å². The fraction of sp³-hybridized carbons (Fsp3) is 0.350. The molecule has 0 bridgehead atoms. The summed E-state index contributed by atoms with van der Waals surface area (Å²) in [5, 5.41) is 1.29. The number of thiophene rings is 1. The molecule has 0 amide bonds. The number of aryl methyl sites for hydroxylation is 2. The quantitative estimate of drug-likeness (QED) is 0.510. The summed E-state index contributed by atoms with van der Waals surface area (Å²) in [6, 6.07) is 10.1. The van der Waals surface area contributed by atoms with Crippen LogP contribution in [0.5, 0.6) is 0 Å². The highest BCUT2D eigenvalue weighted by Crippen LogP contribution is 2.33. The van der Waals surface area contributed by atoms with Crippen LogP contribution >= 0.6 is 23.1 Å². The van der Waals surface area contributed by atoms with E-state index in [2.05, 4.69) is 15.0 Å². The number of rotatable bonds is 4. The normalized spacial score (nSPS) is 15.7. The Hall–Kier alpha value is -2.12. The lowest BCUT2D eigenvalue weighted by Crippen LogP contribution is -2.14. The average molecular weight is 399 g/mol. The molecular formula is C20H22N4OS2. The van der Waals surface area contributed by atoms with Crippen LogP contribution in [0.15, 0.2) is 40.1 Å². The van der Waals surface area contributed by atoms with Crippen molar-refractivity contribution in [2.24, 2.45) is 10.7 Å². The smallest absolute Gasteiger partial charge is 0.259 e. The van der Waals surface area contributed by atoms with Crippen molar-refractivity contribution in [1.82, 2.24) is 9.97 Å². The SMILES string of the molecule is C[C@H](N=C(N)SCc1nc2sc3c(c2c(=O)[nH]1)CCCC3)c1ccccc1. The van der Waals surface area contributed by atoms with Crippen molar-refractivity contribution in [3.63, 3.8) is 0 Å². The number of hydrogen-bond acceptors (Lipinski definition) is 5. The first-order chi connectivity index (χ1) is 13.1. The van der Waals surface area contributed by atoms with Crippen molar-refractivity contribution < 1.29 is 0 Å². The number of nitrogens with one attached hydrogen (secondary N) is 1. The Morgan fingerprint density at radius 3 is 2.93 bits per heavy atom. The summed E-state index contributed by atoms with van der Waals surface area (Å²) in [6.07, 6.45) is 4.41. The maximum absolute atomic E-state index is 12.6. The molecule has 0 aliphatic heterocycles. The summed E-state index contributed by atoms with van der Waals surface area (Å²) in [7, 11) is 0. The van der Waals surface area contributed by atoms with E-state index in [1.165, 1.54) is 28.6 Å². The summed E-state index contributed by atoms with van der Waals surface area (Å²) < 4.78 is 0. The summed E-state index contributed by atoms with van der Waals surface area (Å²) in [5.41, 5.74) is 8.40. The van der Waals surface area contributed by atoms with Gasteiger partial charge in [0.2, 0.25) is 0 Å². The van der Waals surface area contributed by atoms with E-state index in [-0.39, 0.29) is 11.6 Å². The molecule has 5 nitrogen and oxygen atoms in total. The fourth-order valence-corrected chi connectivity index (χ4v) is 5.39. The first-order valence-electron chi connectivity index (χ1n) is 9.16. The third kappa shape index (κ3) is 3.94. The van der Waals surface area contributed by atoms with Gasteiger partial charge in [-0.2, -0.15) is 0 Å². The molecule has 1 aliphatic carbocycles. The lowest BCUT2D eigenvalue weighted by molar-refractivity contribution is 0.700. The third-order valence-electron chi connectivity index (χ3n) is 4.83. The lowest BCUT2D eigenvalue weighted by atomic mass is 9.97. The van der Waals surface area contributed by atoms with E-state index in [1.54, 1.807) is 11.3 Å². The number of aliphatic imine (C=N–C) groups is 1. The Kier molecular flexibility index (Phi) is 5.31. The summed E-state index contributed by atoms with van der Waals surface area (Å²) in [4.78, 5) is 26.9. The molecule has 140 valence electrons. The van der Waals surface area contributed by atoms with Crippen molar-refractivity contribution in [1.29, 1.82) is 0 Å². The van der Waals surface area contributed by atoms with Gasteiger partial charge in [-0.15, -0.1) is 11.3 Å². The highest BCUT2D eigenvalue weighted by atomic mass is 32.2. The van der Waals surface area contributed by atoms with Crippen LogP contribution in [0.25, 0.3) is 10.2 Å². The number of hydrogen-bond donors (Lipinski definition) is 2. The highest BCUT2D eigenvalue weighted by molar-refractivity contribution is 8.13. The Labute approximate surface area is 166 Å². The standard InChI is InChI=1S/C20H22N4OS2/c1-12(13-7-3-2-4-8-13)22-20(21)26-11-16-23-18(25)17-14-9-5-6-10-15(14)27-19(17)24-16/h2-4,7-8,12H,5-6,9-11H2,1H3,(H2,21,22)(H,23,24,25)/t12-/m0/s1. The van der Waals surface area contributed by atoms with Crippen LogP contribution in [-0.4, -0.2) is 15.1 Å². The predicted molar refractivity (Wildman–Crippen MR) is 115 cm³/mol. The van der Waals surface area contributed by atoms with Gasteiger partial charge >= 0.3 is 0 Å². The van der Waals surface area contributed by atoms with Gasteiger partial charge in [-0.25, -0.2) is 4.98 Å². The van der Waals surface area contributed by atoms with E-state index in [0.717, 1.165) is 35.0 Å². The minimum Gasteiger partial charge on any atom is -0.379 e. The van der Waals surface area contributed by atoms with Gasteiger partial charge in [0.1, 0.15) is 10.7 Å². The first-order valence-corrected chi connectivity index (χ1v) is 11.0. The third-order valence-corrected chi connectivity index (χ3v) is 6.84. The van der Waals surface area contributed by atoms with E-state index in [0.29, 0.717) is 16.7 Å². The molecule has 2 aromatic heterocycles. The van der Waals surface area contributed by atoms with Crippen LogP contribution in [-0.2, 0) is 18.6 Å². The molecule has 0 spiro atoms. The van der Waals surface area contributed by atoms with Crippen molar-refractivity contribution >= 4 is 38.5 Å². The molecule has 7 heteroatoms. The molecule has 0 saturated heterocycles. The van der Waals surface area contributed by atoms with Crippen LogP contribution < -0.4 is 11.3 Å². The van der Waals surface area contributed by atoms with Crippen molar-refractivity contribution in [2.45, 2.75) is 44.4 Å². The van der Waals surface area contributed by atoms with Crippen LogP contribution in [0.2, 0.25) is 0 Å². The van der Waals surface area contributed by atoms with Gasteiger partial charge in [-0.05, 0) is 43.7 Å². The number of fused-ring (bicyclic) bond motifs is 3. The first kappa shape index (κ1) is 18.3. The molecule has 4 rings (SSSR count). The van der Waals surface area contributed by atoms with Crippen molar-refractivity contribution in [3.05, 3.63) is 62.5 Å². The molecule has 0 unspecified atom stereocenters. The topological polar surface area (TPSA) is 84.1 Å². The molecule has 1 aliphatic rings. The molecule has 3 aromatic rings. The molecule has 0 radical (unpaired) electrons. The number of benzene rings is 1. The van der Waals surface area contributed by atoms with Crippen molar-refractivity contribution in [2.75, 3.05) is 0 Å². The van der Waals surface area contributed by atoms with Gasteiger partial charge < -0.3 is 10.7 Å². The summed E-state index contributed by atoms with van der Waals surface area (Å²) >= 11 is 3.07. The number of nitrogens with zero attached hydrogens (tertiary/aromatic N) is 2. The number of aromatic amines is 1. The lowest BCUT2D eigenvalue weighted by Gasteiger charge is -2.09.